The molecule has 196 valence electrons. The monoisotopic (exact) mass is 510 g/mol. The lowest BCUT2D eigenvalue weighted by molar-refractivity contribution is -0.123. The van der Waals surface area contributed by atoms with Gasteiger partial charge in [-0.2, -0.15) is 0 Å². The zero-order valence-corrected chi connectivity index (χ0v) is 22.0. The molecule has 0 radical (unpaired) electrons. The van der Waals surface area contributed by atoms with E-state index in [0.717, 1.165) is 30.4 Å². The van der Waals surface area contributed by atoms with Gasteiger partial charge >= 0.3 is 0 Å². The van der Waals surface area contributed by atoms with Gasteiger partial charge in [0.15, 0.2) is 0 Å². The molecule has 6 nitrogen and oxygen atoms in total. The molecule has 0 fully saturated rings. The number of methoxy groups -OCH3 is 2. The van der Waals surface area contributed by atoms with Crippen LogP contribution in [-0.2, 0) is 4.79 Å². The van der Waals surface area contributed by atoms with Gasteiger partial charge in [-0.1, -0.05) is 42.0 Å². The SMILES string of the molecule is COc1ccc([C@H]2[C@@H](C(=O)NCCC3=CCCCC3)c3ccccc3C(=O)N2c2ccc(OC)cc2)cc1. The Morgan fingerprint density at radius 2 is 1.61 bits per heavy atom. The van der Waals surface area contributed by atoms with E-state index < -0.39 is 12.0 Å². The van der Waals surface area contributed by atoms with E-state index >= 15 is 0 Å². The number of fused-ring (bicyclic) bond motifs is 1. The molecule has 1 aliphatic heterocycles. The number of hydrogen-bond donors (Lipinski definition) is 1. The summed E-state index contributed by atoms with van der Waals surface area (Å²) < 4.78 is 10.7. The zero-order chi connectivity index (χ0) is 26.5. The summed E-state index contributed by atoms with van der Waals surface area (Å²) in [5.41, 5.74) is 4.28. The molecule has 0 spiro atoms. The van der Waals surface area contributed by atoms with Crippen molar-refractivity contribution in [3.63, 3.8) is 0 Å². The van der Waals surface area contributed by atoms with Gasteiger partial charge in [0, 0.05) is 17.8 Å². The molecule has 1 heterocycles. The molecule has 3 aromatic rings. The molecule has 3 aromatic carbocycles. The summed E-state index contributed by atoms with van der Waals surface area (Å²) in [5, 5.41) is 3.21. The van der Waals surface area contributed by atoms with Crippen LogP contribution in [-0.4, -0.2) is 32.6 Å². The second-order valence-corrected chi connectivity index (χ2v) is 9.81. The topological polar surface area (TPSA) is 67.9 Å². The highest BCUT2D eigenvalue weighted by Gasteiger charge is 2.44. The van der Waals surface area contributed by atoms with E-state index in [9.17, 15) is 9.59 Å². The summed E-state index contributed by atoms with van der Waals surface area (Å²) in [4.78, 5) is 29.7. The minimum atomic E-state index is -0.584. The predicted molar refractivity (Wildman–Crippen MR) is 149 cm³/mol. The fourth-order valence-electron chi connectivity index (χ4n) is 5.57. The molecule has 38 heavy (non-hydrogen) atoms. The maximum absolute atomic E-state index is 14.0. The number of hydrogen-bond acceptors (Lipinski definition) is 4. The van der Waals surface area contributed by atoms with Crippen LogP contribution in [0.5, 0.6) is 11.5 Å². The summed E-state index contributed by atoms with van der Waals surface area (Å²) in [5.74, 6) is 0.614. The second kappa shape index (κ2) is 11.5. The van der Waals surface area contributed by atoms with E-state index in [1.165, 1.54) is 18.4 Å². The lowest BCUT2D eigenvalue weighted by atomic mass is 9.78. The van der Waals surface area contributed by atoms with E-state index in [2.05, 4.69) is 11.4 Å². The van der Waals surface area contributed by atoms with Gasteiger partial charge in [0.2, 0.25) is 5.91 Å². The standard InChI is InChI=1S/C32H34N2O4/c1-37-25-16-12-23(13-17-25)30-29(31(35)33-21-20-22-8-4-3-5-9-22)27-10-6-7-11-28(27)32(36)34(30)24-14-18-26(38-2)19-15-24/h6-8,10-19,29-30H,3-5,9,20-21H2,1-2H3,(H,33,35)/t29-,30-/m0/s1. The number of nitrogens with one attached hydrogen (secondary N) is 1. The van der Waals surface area contributed by atoms with E-state index in [4.69, 9.17) is 9.47 Å². The first kappa shape index (κ1) is 25.6. The van der Waals surface area contributed by atoms with Crippen molar-refractivity contribution in [3.05, 3.63) is 101 Å². The number of anilines is 1. The van der Waals surface area contributed by atoms with E-state index in [1.807, 2.05) is 72.8 Å². The van der Waals surface area contributed by atoms with Crippen LogP contribution in [0.25, 0.3) is 0 Å². The number of nitrogens with zero attached hydrogens (tertiary/aromatic N) is 1. The van der Waals surface area contributed by atoms with Crippen molar-refractivity contribution >= 4 is 17.5 Å². The van der Waals surface area contributed by atoms with Gasteiger partial charge in [-0.3, -0.25) is 14.5 Å². The van der Waals surface area contributed by atoms with Gasteiger partial charge in [-0.05, 0) is 85.7 Å². The van der Waals surface area contributed by atoms with Crippen LogP contribution in [0.1, 0.15) is 65.5 Å². The fourth-order valence-corrected chi connectivity index (χ4v) is 5.57. The van der Waals surface area contributed by atoms with E-state index in [-0.39, 0.29) is 11.8 Å². The Balaban J connectivity index is 1.56. The number of benzene rings is 3. The minimum absolute atomic E-state index is 0.0827. The number of amides is 2. The zero-order valence-electron chi connectivity index (χ0n) is 22.0. The van der Waals surface area contributed by atoms with E-state index in [0.29, 0.717) is 29.3 Å². The van der Waals surface area contributed by atoms with Gasteiger partial charge in [0.05, 0.1) is 26.2 Å². The Bertz CT molecular complexity index is 1310. The van der Waals surface area contributed by atoms with Gasteiger partial charge < -0.3 is 14.8 Å². The first-order valence-electron chi connectivity index (χ1n) is 13.3. The lowest BCUT2D eigenvalue weighted by Gasteiger charge is -2.42. The molecular formula is C32H34N2O4. The third-order valence-electron chi connectivity index (χ3n) is 7.56. The fraction of sp³-hybridized carbons (Fsp3) is 0.312. The van der Waals surface area contributed by atoms with Gasteiger partial charge in [-0.25, -0.2) is 0 Å². The molecule has 2 atom stereocenters. The van der Waals surface area contributed by atoms with Crippen molar-refractivity contribution in [2.75, 3.05) is 25.7 Å². The van der Waals surface area contributed by atoms with Crippen LogP contribution in [0.2, 0.25) is 0 Å². The van der Waals surface area contributed by atoms with Crippen molar-refractivity contribution in [2.24, 2.45) is 0 Å². The van der Waals surface area contributed by atoms with Crippen molar-refractivity contribution in [1.29, 1.82) is 0 Å². The van der Waals surface area contributed by atoms with Crippen molar-refractivity contribution in [3.8, 4) is 11.5 Å². The molecule has 1 aliphatic carbocycles. The van der Waals surface area contributed by atoms with Crippen LogP contribution >= 0.6 is 0 Å². The first-order valence-corrected chi connectivity index (χ1v) is 13.3. The highest BCUT2D eigenvalue weighted by Crippen LogP contribution is 2.45. The van der Waals surface area contributed by atoms with Gasteiger partial charge in [-0.15, -0.1) is 0 Å². The van der Waals surface area contributed by atoms with Crippen molar-refractivity contribution in [1.82, 2.24) is 5.32 Å². The van der Waals surface area contributed by atoms with Crippen LogP contribution < -0.4 is 19.7 Å². The predicted octanol–water partition coefficient (Wildman–Crippen LogP) is 6.20. The van der Waals surface area contributed by atoms with Crippen LogP contribution in [0.15, 0.2) is 84.4 Å². The molecule has 2 amide bonds. The number of carbonyl (C=O) groups excluding carboxylic acids is 2. The molecule has 1 N–H and O–H groups in total. The maximum atomic E-state index is 14.0. The summed E-state index contributed by atoms with van der Waals surface area (Å²) in [6.07, 6.45) is 7.86. The Hall–Kier alpha value is -4.06. The smallest absolute Gasteiger partial charge is 0.259 e. The number of ether oxygens (including phenoxy) is 2. The number of allylic oxidation sites excluding steroid dienone is 1. The third-order valence-corrected chi connectivity index (χ3v) is 7.56. The molecule has 0 saturated heterocycles. The van der Waals surface area contributed by atoms with Crippen LogP contribution in [0.4, 0.5) is 5.69 Å². The maximum Gasteiger partial charge on any atom is 0.259 e. The number of rotatable bonds is 8. The van der Waals surface area contributed by atoms with Crippen molar-refractivity contribution < 1.29 is 19.1 Å². The minimum Gasteiger partial charge on any atom is -0.497 e. The average molecular weight is 511 g/mol. The second-order valence-electron chi connectivity index (χ2n) is 9.81. The number of carbonyl (C=O) groups is 2. The summed E-state index contributed by atoms with van der Waals surface area (Å²) in [7, 11) is 3.23. The molecule has 0 aromatic heterocycles. The van der Waals surface area contributed by atoms with Crippen molar-refractivity contribution in [2.45, 2.75) is 44.1 Å². The first-order chi connectivity index (χ1) is 18.6. The Kier molecular flexibility index (Phi) is 7.78. The Morgan fingerprint density at radius 1 is 0.921 bits per heavy atom. The molecular weight excluding hydrogens is 476 g/mol. The molecule has 0 saturated carbocycles. The molecule has 0 bridgehead atoms. The molecule has 0 unspecified atom stereocenters. The highest BCUT2D eigenvalue weighted by atomic mass is 16.5. The molecule has 5 rings (SSSR count). The highest BCUT2D eigenvalue weighted by molar-refractivity contribution is 6.11. The largest absolute Gasteiger partial charge is 0.497 e. The average Bonchev–Trinajstić information content (AvgIpc) is 2.97. The Morgan fingerprint density at radius 3 is 2.26 bits per heavy atom. The molecule has 2 aliphatic rings. The van der Waals surface area contributed by atoms with E-state index in [1.54, 1.807) is 19.1 Å². The summed E-state index contributed by atoms with van der Waals surface area (Å²) >= 11 is 0. The Labute approximate surface area is 224 Å². The quantitative estimate of drug-likeness (QED) is 0.367. The normalized spacial score (nSPS) is 18.8. The van der Waals surface area contributed by atoms with Crippen LogP contribution in [0, 0.1) is 0 Å². The molecule has 6 heteroatoms. The van der Waals surface area contributed by atoms with Gasteiger partial charge in [0.1, 0.15) is 11.5 Å². The summed E-state index contributed by atoms with van der Waals surface area (Å²) in [6.45, 7) is 0.579. The summed E-state index contributed by atoms with van der Waals surface area (Å²) in [6, 6.07) is 21.9. The lowest BCUT2D eigenvalue weighted by Crippen LogP contribution is -2.47. The van der Waals surface area contributed by atoms with Crippen LogP contribution in [0.3, 0.4) is 0 Å². The van der Waals surface area contributed by atoms with Gasteiger partial charge in [0.25, 0.3) is 5.91 Å². The third kappa shape index (κ3) is 5.17.